The van der Waals surface area contributed by atoms with Crippen LogP contribution in [0.4, 0.5) is 4.39 Å². The minimum Gasteiger partial charge on any atom is -0.348 e. The first kappa shape index (κ1) is 14.0. The van der Waals surface area contributed by atoms with Gasteiger partial charge in [0.15, 0.2) is 0 Å². The summed E-state index contributed by atoms with van der Waals surface area (Å²) in [6, 6.07) is 4.82. The van der Waals surface area contributed by atoms with E-state index in [0.29, 0.717) is 5.56 Å². The van der Waals surface area contributed by atoms with Crippen molar-refractivity contribution in [2.24, 2.45) is 0 Å². The molecular formula is C15H21FN2O. The minimum absolute atomic E-state index is 0.00758. The Hall–Kier alpha value is -1.42. The molecule has 4 heteroatoms. The van der Waals surface area contributed by atoms with Gasteiger partial charge in [-0.25, -0.2) is 4.39 Å². The molecule has 0 spiro atoms. The van der Waals surface area contributed by atoms with Gasteiger partial charge in [-0.2, -0.15) is 0 Å². The van der Waals surface area contributed by atoms with Crippen LogP contribution in [0, 0.1) is 12.7 Å². The number of hydrogen-bond acceptors (Lipinski definition) is 2. The SMILES string of the molecule is Cc1ccc(C(C)NC(=O)[C@@H]2CCCCN2)cc1F. The highest BCUT2D eigenvalue weighted by Crippen LogP contribution is 2.17. The topological polar surface area (TPSA) is 41.1 Å². The van der Waals surface area contributed by atoms with Crippen LogP contribution in [0.25, 0.3) is 0 Å². The van der Waals surface area contributed by atoms with Crippen molar-refractivity contribution in [2.45, 2.75) is 45.2 Å². The fourth-order valence-electron chi connectivity index (χ4n) is 2.35. The molecule has 1 amide bonds. The normalized spacial score (nSPS) is 20.9. The summed E-state index contributed by atoms with van der Waals surface area (Å²) in [5.74, 6) is -0.220. The van der Waals surface area contributed by atoms with Crippen molar-refractivity contribution < 1.29 is 9.18 Å². The largest absolute Gasteiger partial charge is 0.348 e. The molecule has 19 heavy (non-hydrogen) atoms. The summed E-state index contributed by atoms with van der Waals surface area (Å²) < 4.78 is 13.5. The number of aryl methyl sites for hydroxylation is 1. The Kier molecular flexibility index (Phi) is 4.53. The first-order chi connectivity index (χ1) is 9.08. The molecular weight excluding hydrogens is 243 g/mol. The fraction of sp³-hybridized carbons (Fsp3) is 0.533. The van der Waals surface area contributed by atoms with Crippen molar-refractivity contribution in [3.63, 3.8) is 0 Å². The van der Waals surface area contributed by atoms with Crippen molar-refractivity contribution in [3.8, 4) is 0 Å². The average Bonchev–Trinajstić information content (AvgIpc) is 2.42. The van der Waals surface area contributed by atoms with E-state index in [1.807, 2.05) is 13.0 Å². The van der Waals surface area contributed by atoms with Gasteiger partial charge in [0.1, 0.15) is 5.82 Å². The Morgan fingerprint density at radius 1 is 1.47 bits per heavy atom. The third kappa shape index (κ3) is 3.53. The van der Waals surface area contributed by atoms with E-state index in [2.05, 4.69) is 10.6 Å². The molecule has 104 valence electrons. The lowest BCUT2D eigenvalue weighted by atomic mass is 10.0. The fourth-order valence-corrected chi connectivity index (χ4v) is 2.35. The van der Waals surface area contributed by atoms with Crippen LogP contribution in [-0.4, -0.2) is 18.5 Å². The summed E-state index contributed by atoms with van der Waals surface area (Å²) in [5, 5.41) is 6.15. The van der Waals surface area contributed by atoms with Gasteiger partial charge in [0.05, 0.1) is 12.1 Å². The number of benzene rings is 1. The molecule has 1 aromatic rings. The van der Waals surface area contributed by atoms with Crippen molar-refractivity contribution >= 4 is 5.91 Å². The zero-order valence-corrected chi connectivity index (χ0v) is 11.5. The van der Waals surface area contributed by atoms with Crippen LogP contribution >= 0.6 is 0 Å². The number of carbonyl (C=O) groups excluding carboxylic acids is 1. The number of nitrogens with one attached hydrogen (secondary N) is 2. The number of carbonyl (C=O) groups is 1. The molecule has 2 N–H and O–H groups in total. The molecule has 0 aromatic heterocycles. The lowest BCUT2D eigenvalue weighted by molar-refractivity contribution is -0.124. The summed E-state index contributed by atoms with van der Waals surface area (Å²) in [6.07, 6.45) is 3.09. The maximum atomic E-state index is 13.5. The molecule has 1 aromatic carbocycles. The van der Waals surface area contributed by atoms with Gasteiger partial charge in [-0.05, 0) is 50.4 Å². The molecule has 1 aliphatic rings. The van der Waals surface area contributed by atoms with Crippen LogP contribution in [0.15, 0.2) is 18.2 Å². The highest BCUT2D eigenvalue weighted by Gasteiger charge is 2.22. The monoisotopic (exact) mass is 264 g/mol. The molecule has 2 rings (SSSR count). The third-order valence-electron chi connectivity index (χ3n) is 3.68. The molecule has 3 nitrogen and oxygen atoms in total. The van der Waals surface area contributed by atoms with E-state index in [1.165, 1.54) is 6.07 Å². The Balaban J connectivity index is 1.97. The van der Waals surface area contributed by atoms with Gasteiger partial charge < -0.3 is 10.6 Å². The van der Waals surface area contributed by atoms with Gasteiger partial charge in [0.2, 0.25) is 5.91 Å². The lowest BCUT2D eigenvalue weighted by Crippen LogP contribution is -2.47. The first-order valence-electron chi connectivity index (χ1n) is 6.87. The molecule has 0 radical (unpaired) electrons. The number of amides is 1. The predicted octanol–water partition coefficient (Wildman–Crippen LogP) is 2.45. The molecule has 1 unspecified atom stereocenters. The molecule has 0 saturated carbocycles. The summed E-state index contributed by atoms with van der Waals surface area (Å²) in [5.41, 5.74) is 1.42. The van der Waals surface area contributed by atoms with Gasteiger partial charge in [0, 0.05) is 0 Å². The van der Waals surface area contributed by atoms with Gasteiger partial charge >= 0.3 is 0 Å². The lowest BCUT2D eigenvalue weighted by Gasteiger charge is -2.24. The van der Waals surface area contributed by atoms with Crippen LogP contribution in [0.5, 0.6) is 0 Å². The highest BCUT2D eigenvalue weighted by atomic mass is 19.1. The van der Waals surface area contributed by atoms with Crippen molar-refractivity contribution in [1.29, 1.82) is 0 Å². The Morgan fingerprint density at radius 2 is 2.26 bits per heavy atom. The van der Waals surface area contributed by atoms with Crippen molar-refractivity contribution in [1.82, 2.24) is 10.6 Å². The van der Waals surface area contributed by atoms with Gasteiger partial charge in [-0.15, -0.1) is 0 Å². The Morgan fingerprint density at radius 3 is 2.89 bits per heavy atom. The average molecular weight is 264 g/mol. The standard InChI is InChI=1S/C15H21FN2O/c1-10-6-7-12(9-13(10)16)11(2)18-15(19)14-5-3-4-8-17-14/h6-7,9,11,14,17H,3-5,8H2,1-2H3,(H,18,19)/t11?,14-/m0/s1. The zero-order chi connectivity index (χ0) is 13.8. The number of piperidine rings is 1. The summed E-state index contributed by atoms with van der Waals surface area (Å²) >= 11 is 0. The van der Waals surface area contributed by atoms with Crippen LogP contribution in [-0.2, 0) is 4.79 Å². The molecule has 0 bridgehead atoms. The molecule has 1 heterocycles. The van der Waals surface area contributed by atoms with Crippen LogP contribution in [0.2, 0.25) is 0 Å². The van der Waals surface area contributed by atoms with Gasteiger partial charge in [-0.1, -0.05) is 18.6 Å². The second-order valence-electron chi connectivity index (χ2n) is 5.24. The van der Waals surface area contributed by atoms with E-state index in [4.69, 9.17) is 0 Å². The van der Waals surface area contributed by atoms with Crippen molar-refractivity contribution in [2.75, 3.05) is 6.54 Å². The zero-order valence-electron chi connectivity index (χ0n) is 11.5. The summed E-state index contributed by atoms with van der Waals surface area (Å²) in [7, 11) is 0. The summed E-state index contributed by atoms with van der Waals surface area (Å²) in [4.78, 5) is 12.1. The van der Waals surface area contributed by atoms with E-state index < -0.39 is 0 Å². The van der Waals surface area contributed by atoms with Crippen LogP contribution < -0.4 is 10.6 Å². The molecule has 1 saturated heterocycles. The van der Waals surface area contributed by atoms with E-state index in [1.54, 1.807) is 13.0 Å². The molecule has 0 aliphatic carbocycles. The third-order valence-corrected chi connectivity index (χ3v) is 3.68. The molecule has 1 aliphatic heterocycles. The van der Waals surface area contributed by atoms with E-state index in [9.17, 15) is 9.18 Å². The maximum absolute atomic E-state index is 13.5. The quantitative estimate of drug-likeness (QED) is 0.880. The maximum Gasteiger partial charge on any atom is 0.237 e. The number of rotatable bonds is 3. The smallest absolute Gasteiger partial charge is 0.237 e. The molecule has 2 atom stereocenters. The highest BCUT2D eigenvalue weighted by molar-refractivity contribution is 5.82. The first-order valence-corrected chi connectivity index (χ1v) is 6.87. The van der Waals surface area contributed by atoms with Gasteiger partial charge in [-0.3, -0.25) is 4.79 Å². The second-order valence-corrected chi connectivity index (χ2v) is 5.24. The van der Waals surface area contributed by atoms with E-state index >= 15 is 0 Å². The number of hydrogen-bond donors (Lipinski definition) is 2. The van der Waals surface area contributed by atoms with Crippen LogP contribution in [0.3, 0.4) is 0 Å². The van der Waals surface area contributed by atoms with E-state index in [-0.39, 0.29) is 23.8 Å². The van der Waals surface area contributed by atoms with Crippen LogP contribution in [0.1, 0.15) is 43.4 Å². The second kappa shape index (κ2) is 6.15. The molecule has 1 fully saturated rings. The number of halogens is 1. The summed E-state index contributed by atoms with van der Waals surface area (Å²) in [6.45, 7) is 4.50. The predicted molar refractivity (Wildman–Crippen MR) is 73.3 cm³/mol. The van der Waals surface area contributed by atoms with E-state index in [0.717, 1.165) is 31.4 Å². The van der Waals surface area contributed by atoms with Gasteiger partial charge in [0.25, 0.3) is 0 Å². The van der Waals surface area contributed by atoms with Crippen molar-refractivity contribution in [3.05, 3.63) is 35.1 Å². The minimum atomic E-state index is -0.227. The Labute approximate surface area is 113 Å². The Bertz CT molecular complexity index is 455.